The maximum Gasteiger partial charge on any atom is 0.253 e. The third-order valence-corrected chi connectivity index (χ3v) is 4.15. The predicted molar refractivity (Wildman–Crippen MR) is 88.0 cm³/mol. The van der Waals surface area contributed by atoms with Crippen LogP contribution in [0.25, 0.3) is 11.1 Å². The van der Waals surface area contributed by atoms with Gasteiger partial charge >= 0.3 is 0 Å². The molecular formula is C17H13ClN4O. The van der Waals surface area contributed by atoms with Crippen molar-refractivity contribution in [3.8, 4) is 0 Å². The van der Waals surface area contributed by atoms with E-state index in [-0.39, 0.29) is 5.91 Å². The van der Waals surface area contributed by atoms with E-state index >= 15 is 0 Å². The summed E-state index contributed by atoms with van der Waals surface area (Å²) in [4.78, 5) is 21.1. The lowest BCUT2D eigenvalue weighted by molar-refractivity contribution is -0.115. The molecule has 0 fully saturated rings. The Morgan fingerprint density at radius 1 is 1.35 bits per heavy atom. The van der Waals surface area contributed by atoms with Crippen LogP contribution in [-0.2, 0) is 17.8 Å². The first-order valence-electron chi connectivity index (χ1n) is 7.26. The zero-order valence-electron chi connectivity index (χ0n) is 12.2. The van der Waals surface area contributed by atoms with E-state index in [9.17, 15) is 4.79 Å². The van der Waals surface area contributed by atoms with Crippen LogP contribution in [0.15, 0.2) is 49.1 Å². The molecule has 3 aromatic rings. The fourth-order valence-corrected chi connectivity index (χ4v) is 2.93. The molecule has 1 amide bonds. The molecule has 0 aromatic carbocycles. The van der Waals surface area contributed by atoms with Gasteiger partial charge in [-0.05, 0) is 30.2 Å². The van der Waals surface area contributed by atoms with Gasteiger partial charge in [0.25, 0.3) is 5.91 Å². The summed E-state index contributed by atoms with van der Waals surface area (Å²) in [5, 5.41) is 3.55. The summed E-state index contributed by atoms with van der Waals surface area (Å²) in [5.41, 5.74) is 4.14. The second-order valence-corrected chi connectivity index (χ2v) is 5.78. The molecular weight excluding hydrogens is 312 g/mol. The van der Waals surface area contributed by atoms with E-state index in [1.165, 1.54) is 0 Å². The Morgan fingerprint density at radius 3 is 3.17 bits per heavy atom. The Hall–Kier alpha value is -2.66. The molecule has 4 rings (SSSR count). The van der Waals surface area contributed by atoms with Gasteiger partial charge in [-0.3, -0.25) is 9.78 Å². The van der Waals surface area contributed by atoms with Crippen molar-refractivity contribution in [3.05, 3.63) is 71.0 Å². The number of carbonyl (C=O) groups excluding carboxylic acids is 1. The first kappa shape index (κ1) is 14.0. The molecule has 1 aliphatic carbocycles. The number of halogens is 1. The van der Waals surface area contributed by atoms with Gasteiger partial charge in [-0.2, -0.15) is 0 Å². The highest BCUT2D eigenvalue weighted by atomic mass is 35.5. The van der Waals surface area contributed by atoms with Crippen LogP contribution < -0.4 is 5.32 Å². The van der Waals surface area contributed by atoms with E-state index < -0.39 is 0 Å². The third-order valence-electron chi connectivity index (χ3n) is 3.91. The largest absolute Gasteiger partial charge is 0.346 e. The zero-order chi connectivity index (χ0) is 15.8. The van der Waals surface area contributed by atoms with E-state index in [2.05, 4.69) is 15.3 Å². The first-order chi connectivity index (χ1) is 11.2. The number of rotatable bonds is 3. The van der Waals surface area contributed by atoms with Crippen LogP contribution in [0, 0.1) is 0 Å². The predicted octanol–water partition coefficient (Wildman–Crippen LogP) is 2.64. The Balaban J connectivity index is 1.53. The van der Waals surface area contributed by atoms with Crippen LogP contribution in [-0.4, -0.2) is 20.3 Å². The molecule has 1 N–H and O–H groups in total. The number of hydrogen-bond donors (Lipinski definition) is 1. The van der Waals surface area contributed by atoms with E-state index in [1.54, 1.807) is 18.6 Å². The quantitative estimate of drug-likeness (QED) is 0.805. The number of allylic oxidation sites excluding steroid dienone is 1. The first-order valence-corrected chi connectivity index (χ1v) is 7.64. The van der Waals surface area contributed by atoms with Crippen molar-refractivity contribution in [2.24, 2.45) is 0 Å². The summed E-state index contributed by atoms with van der Waals surface area (Å²) in [7, 11) is 0. The molecule has 1 aliphatic rings. The summed E-state index contributed by atoms with van der Waals surface area (Å²) in [6.07, 6.45) is 7.91. The Morgan fingerprint density at radius 2 is 2.26 bits per heavy atom. The van der Waals surface area contributed by atoms with Gasteiger partial charge in [0.1, 0.15) is 0 Å². The van der Waals surface area contributed by atoms with Gasteiger partial charge in [-0.15, -0.1) is 0 Å². The molecule has 114 valence electrons. The average Bonchev–Trinajstić information content (AvgIpc) is 3.16. The average molecular weight is 325 g/mol. The highest BCUT2D eigenvalue weighted by molar-refractivity contribution is 6.30. The van der Waals surface area contributed by atoms with Crippen LogP contribution in [0.1, 0.15) is 17.0 Å². The van der Waals surface area contributed by atoms with Crippen molar-refractivity contribution in [2.75, 3.05) is 0 Å². The van der Waals surface area contributed by atoms with Gasteiger partial charge in [-0.25, -0.2) is 4.98 Å². The van der Waals surface area contributed by atoms with Gasteiger partial charge in [0, 0.05) is 17.4 Å². The number of carbonyl (C=O) groups is 1. The fraction of sp³-hybridized carbons (Fsp3) is 0.118. The summed E-state index contributed by atoms with van der Waals surface area (Å²) in [6.45, 7) is 0.342. The summed E-state index contributed by atoms with van der Waals surface area (Å²) in [5.74, 6) is -0.134. The Bertz CT molecular complexity index is 945. The summed E-state index contributed by atoms with van der Waals surface area (Å²) >= 11 is 6.02. The lowest BCUT2D eigenvalue weighted by Crippen LogP contribution is -2.24. The van der Waals surface area contributed by atoms with Crippen LogP contribution >= 0.6 is 11.6 Å². The Labute approximate surface area is 137 Å². The minimum atomic E-state index is -0.134. The molecule has 0 saturated heterocycles. The van der Waals surface area contributed by atoms with Crippen molar-refractivity contribution in [3.63, 3.8) is 0 Å². The topological polar surface area (TPSA) is 59.3 Å². The van der Waals surface area contributed by atoms with Crippen LogP contribution in [0.3, 0.4) is 0 Å². The molecule has 0 spiro atoms. The summed E-state index contributed by atoms with van der Waals surface area (Å²) < 4.78 is 1.87. The molecule has 0 unspecified atom stereocenters. The number of aromatic nitrogens is 3. The van der Waals surface area contributed by atoms with Gasteiger partial charge in [0.05, 0.1) is 35.3 Å². The molecule has 23 heavy (non-hydrogen) atoms. The number of nitrogens with zero attached hydrogens (tertiary/aromatic N) is 3. The number of fused-ring (bicyclic) bond motifs is 2. The number of amides is 1. The smallest absolute Gasteiger partial charge is 0.253 e. The van der Waals surface area contributed by atoms with Crippen molar-refractivity contribution in [1.82, 2.24) is 19.7 Å². The highest BCUT2D eigenvalue weighted by Crippen LogP contribution is 2.25. The summed E-state index contributed by atoms with van der Waals surface area (Å²) in [6, 6.07) is 7.50. The zero-order valence-corrected chi connectivity index (χ0v) is 12.9. The van der Waals surface area contributed by atoms with Crippen molar-refractivity contribution < 1.29 is 4.79 Å². The number of hydrogen-bond acceptors (Lipinski definition) is 3. The molecule has 3 heterocycles. The van der Waals surface area contributed by atoms with E-state index in [1.807, 2.05) is 34.9 Å². The molecule has 0 radical (unpaired) electrons. The molecule has 0 aliphatic heterocycles. The van der Waals surface area contributed by atoms with Gasteiger partial charge in [-0.1, -0.05) is 23.7 Å². The maximum atomic E-state index is 12.4. The molecule has 0 atom stereocenters. The Kier molecular flexibility index (Phi) is 3.35. The van der Waals surface area contributed by atoms with Crippen molar-refractivity contribution in [2.45, 2.75) is 13.0 Å². The number of pyridine rings is 2. The van der Waals surface area contributed by atoms with E-state index in [0.717, 1.165) is 28.9 Å². The second kappa shape index (κ2) is 5.52. The number of nitrogens with one attached hydrogen (secondary N) is 1. The SMILES string of the molecule is O=C(NCc1ncn2ccc(Cl)cc12)C1=CCc2cccnc21. The monoisotopic (exact) mass is 324 g/mol. The minimum Gasteiger partial charge on any atom is -0.346 e. The molecule has 0 saturated carbocycles. The van der Waals surface area contributed by atoms with Gasteiger partial charge < -0.3 is 9.72 Å². The van der Waals surface area contributed by atoms with Crippen LogP contribution in [0.2, 0.25) is 5.02 Å². The molecule has 0 bridgehead atoms. The molecule has 3 aromatic heterocycles. The normalized spacial score (nSPS) is 13.0. The lowest BCUT2D eigenvalue weighted by Gasteiger charge is -2.06. The van der Waals surface area contributed by atoms with Crippen LogP contribution in [0.4, 0.5) is 0 Å². The standard InChI is InChI=1S/C17H13ClN4O/c18-12-5-7-22-10-21-14(15(22)8-12)9-20-17(23)13-4-3-11-2-1-6-19-16(11)13/h1-2,4-8,10H,3,9H2,(H,20,23). The minimum absolute atomic E-state index is 0.134. The third kappa shape index (κ3) is 2.49. The van der Waals surface area contributed by atoms with Gasteiger partial charge in [0.15, 0.2) is 0 Å². The van der Waals surface area contributed by atoms with Crippen LogP contribution in [0.5, 0.6) is 0 Å². The van der Waals surface area contributed by atoms with E-state index in [4.69, 9.17) is 11.6 Å². The second-order valence-electron chi connectivity index (χ2n) is 5.34. The van der Waals surface area contributed by atoms with Gasteiger partial charge in [0.2, 0.25) is 0 Å². The highest BCUT2D eigenvalue weighted by Gasteiger charge is 2.21. The molecule has 5 nitrogen and oxygen atoms in total. The fourth-order valence-electron chi connectivity index (χ4n) is 2.77. The maximum absolute atomic E-state index is 12.4. The molecule has 6 heteroatoms. The lowest BCUT2D eigenvalue weighted by atomic mass is 10.1. The van der Waals surface area contributed by atoms with E-state index in [0.29, 0.717) is 17.1 Å². The van der Waals surface area contributed by atoms with Crippen molar-refractivity contribution in [1.29, 1.82) is 0 Å². The number of imidazole rings is 1. The van der Waals surface area contributed by atoms with Crippen molar-refractivity contribution >= 4 is 28.6 Å².